The van der Waals surface area contributed by atoms with Crippen LogP contribution >= 0.6 is 0 Å². The van der Waals surface area contributed by atoms with Gasteiger partial charge in [-0.2, -0.15) is 0 Å². The van der Waals surface area contributed by atoms with Crippen molar-refractivity contribution in [3.63, 3.8) is 0 Å². The molecule has 23 heavy (non-hydrogen) atoms. The minimum atomic E-state index is 0.752. The molecule has 0 unspecified atom stereocenters. The van der Waals surface area contributed by atoms with Crippen LogP contribution in [0.25, 0.3) is 0 Å². The lowest BCUT2D eigenvalue weighted by atomic mass is 9.96. The van der Waals surface area contributed by atoms with Crippen LogP contribution in [0.3, 0.4) is 0 Å². The lowest BCUT2D eigenvalue weighted by Crippen LogP contribution is -2.37. The third kappa shape index (κ3) is 4.91. The molecule has 124 valence electrons. The number of aromatic nitrogens is 1. The Bertz CT molecular complexity index is 588. The second-order valence-corrected chi connectivity index (χ2v) is 6.76. The number of nitrogens with zero attached hydrogens (tertiary/aromatic N) is 3. The maximum absolute atomic E-state index is 5.28. The lowest BCUT2D eigenvalue weighted by molar-refractivity contribution is 0.146. The Balaban J connectivity index is 1.40. The number of aryl methyl sites for hydroxylation is 1. The number of piperidine rings is 1. The molecule has 2 aromatic rings. The van der Waals surface area contributed by atoms with Crippen LogP contribution in [0, 0.1) is 12.8 Å². The summed E-state index contributed by atoms with van der Waals surface area (Å²) >= 11 is 0. The first-order valence-electron chi connectivity index (χ1n) is 8.55. The van der Waals surface area contributed by atoms with Gasteiger partial charge in [0.2, 0.25) is 0 Å². The van der Waals surface area contributed by atoms with Gasteiger partial charge < -0.3 is 9.32 Å². The fourth-order valence-electron chi connectivity index (χ4n) is 3.43. The molecule has 1 aliphatic rings. The van der Waals surface area contributed by atoms with Crippen LogP contribution in [0.5, 0.6) is 0 Å². The molecule has 0 N–H and O–H groups in total. The van der Waals surface area contributed by atoms with Gasteiger partial charge in [-0.25, -0.2) is 4.98 Å². The number of benzene rings is 1. The first-order valence-corrected chi connectivity index (χ1v) is 8.55. The van der Waals surface area contributed by atoms with Crippen LogP contribution < -0.4 is 0 Å². The van der Waals surface area contributed by atoms with Crippen molar-refractivity contribution in [2.45, 2.75) is 32.9 Å². The van der Waals surface area contributed by atoms with Crippen molar-refractivity contribution in [2.75, 3.05) is 26.7 Å². The molecule has 0 spiro atoms. The molecule has 1 saturated heterocycles. The molecule has 4 nitrogen and oxygen atoms in total. The fraction of sp³-hybridized carbons (Fsp3) is 0.526. The van der Waals surface area contributed by atoms with E-state index in [4.69, 9.17) is 4.42 Å². The molecule has 0 bridgehead atoms. The Morgan fingerprint density at radius 1 is 1.22 bits per heavy atom. The first-order chi connectivity index (χ1) is 11.2. The summed E-state index contributed by atoms with van der Waals surface area (Å²) in [6.45, 7) is 7.41. The summed E-state index contributed by atoms with van der Waals surface area (Å²) in [5.41, 5.74) is 2.45. The number of oxazole rings is 1. The normalized spacial score (nSPS) is 17.0. The van der Waals surface area contributed by atoms with E-state index in [2.05, 4.69) is 52.2 Å². The largest absolute Gasteiger partial charge is 0.449 e. The Hall–Kier alpha value is -1.65. The van der Waals surface area contributed by atoms with Crippen molar-refractivity contribution in [3.05, 3.63) is 53.7 Å². The fourth-order valence-corrected chi connectivity index (χ4v) is 3.43. The van der Waals surface area contributed by atoms with Gasteiger partial charge in [-0.15, -0.1) is 0 Å². The number of hydrogen-bond acceptors (Lipinski definition) is 4. The Morgan fingerprint density at radius 2 is 1.96 bits per heavy atom. The molecule has 4 heteroatoms. The maximum atomic E-state index is 5.28. The van der Waals surface area contributed by atoms with Crippen molar-refractivity contribution < 1.29 is 4.42 Å². The molecule has 3 rings (SSSR count). The van der Waals surface area contributed by atoms with E-state index in [0.29, 0.717) is 0 Å². The first kappa shape index (κ1) is 16.2. The SMILES string of the molecule is Cc1nc(CN(C)CC2CCN(Cc3ccccc3)CC2)co1. The topological polar surface area (TPSA) is 32.5 Å². The number of hydrogen-bond donors (Lipinski definition) is 0. The molecule has 1 fully saturated rings. The van der Waals surface area contributed by atoms with Crippen LogP contribution in [0.1, 0.15) is 30.0 Å². The summed E-state index contributed by atoms with van der Waals surface area (Å²) in [5, 5.41) is 0. The zero-order valence-electron chi connectivity index (χ0n) is 14.2. The quantitative estimate of drug-likeness (QED) is 0.819. The standard InChI is InChI=1S/C19H27N3O/c1-16-20-19(15-23-16)14-21(2)12-18-8-10-22(11-9-18)13-17-6-4-3-5-7-17/h3-7,15,18H,8-14H2,1-2H3. The maximum Gasteiger partial charge on any atom is 0.191 e. The smallest absolute Gasteiger partial charge is 0.191 e. The Labute approximate surface area is 139 Å². The summed E-state index contributed by atoms with van der Waals surface area (Å²) in [6, 6.07) is 10.8. The second kappa shape index (κ2) is 7.75. The van der Waals surface area contributed by atoms with Crippen molar-refractivity contribution in [3.8, 4) is 0 Å². The number of likely N-dealkylation sites (tertiary alicyclic amines) is 1. The minimum absolute atomic E-state index is 0.752. The number of rotatable bonds is 6. The van der Waals surface area contributed by atoms with Crippen molar-refractivity contribution in [1.82, 2.24) is 14.8 Å². The zero-order valence-corrected chi connectivity index (χ0v) is 14.2. The Kier molecular flexibility index (Phi) is 5.47. The third-order valence-corrected chi connectivity index (χ3v) is 4.62. The van der Waals surface area contributed by atoms with E-state index >= 15 is 0 Å². The van der Waals surface area contributed by atoms with E-state index in [-0.39, 0.29) is 0 Å². The summed E-state index contributed by atoms with van der Waals surface area (Å²) in [6.07, 6.45) is 4.35. The predicted molar refractivity (Wildman–Crippen MR) is 92.0 cm³/mol. The second-order valence-electron chi connectivity index (χ2n) is 6.76. The molecule has 0 aliphatic carbocycles. The molecule has 0 saturated carbocycles. The zero-order chi connectivity index (χ0) is 16.1. The van der Waals surface area contributed by atoms with Gasteiger partial charge >= 0.3 is 0 Å². The van der Waals surface area contributed by atoms with Crippen molar-refractivity contribution in [2.24, 2.45) is 5.92 Å². The molecule has 2 heterocycles. The van der Waals surface area contributed by atoms with Crippen LogP contribution in [-0.2, 0) is 13.1 Å². The molecular weight excluding hydrogens is 286 g/mol. The summed E-state index contributed by atoms with van der Waals surface area (Å²) in [7, 11) is 2.18. The van der Waals surface area contributed by atoms with Crippen LogP contribution in [0.2, 0.25) is 0 Å². The average molecular weight is 313 g/mol. The van der Waals surface area contributed by atoms with Gasteiger partial charge in [0.1, 0.15) is 6.26 Å². The predicted octanol–water partition coefficient (Wildman–Crippen LogP) is 3.33. The molecule has 1 aromatic carbocycles. The van der Waals surface area contributed by atoms with E-state index in [9.17, 15) is 0 Å². The van der Waals surface area contributed by atoms with Crippen LogP contribution in [-0.4, -0.2) is 41.5 Å². The van der Waals surface area contributed by atoms with Gasteiger partial charge in [0.25, 0.3) is 0 Å². The molecule has 1 aliphatic heterocycles. The van der Waals surface area contributed by atoms with Gasteiger partial charge in [-0.3, -0.25) is 4.90 Å². The van der Waals surface area contributed by atoms with Gasteiger partial charge in [-0.05, 0) is 44.5 Å². The van der Waals surface area contributed by atoms with E-state index < -0.39 is 0 Å². The monoisotopic (exact) mass is 313 g/mol. The highest BCUT2D eigenvalue weighted by atomic mass is 16.3. The van der Waals surface area contributed by atoms with E-state index in [1.807, 2.05) is 6.92 Å². The summed E-state index contributed by atoms with van der Waals surface area (Å²) in [4.78, 5) is 9.33. The molecule has 0 radical (unpaired) electrons. The highest BCUT2D eigenvalue weighted by Gasteiger charge is 2.20. The van der Waals surface area contributed by atoms with Crippen molar-refractivity contribution in [1.29, 1.82) is 0 Å². The van der Waals surface area contributed by atoms with Gasteiger partial charge in [0, 0.05) is 26.6 Å². The lowest BCUT2D eigenvalue weighted by Gasteiger charge is -2.33. The van der Waals surface area contributed by atoms with Crippen molar-refractivity contribution >= 4 is 0 Å². The average Bonchev–Trinajstić information content (AvgIpc) is 2.95. The van der Waals surface area contributed by atoms with Crippen LogP contribution in [0.15, 0.2) is 41.0 Å². The van der Waals surface area contributed by atoms with E-state index in [1.165, 1.54) is 31.5 Å². The summed E-state index contributed by atoms with van der Waals surface area (Å²) in [5.74, 6) is 1.54. The molecule has 0 atom stereocenters. The highest BCUT2D eigenvalue weighted by molar-refractivity contribution is 5.14. The van der Waals surface area contributed by atoms with Gasteiger partial charge in [0.05, 0.1) is 5.69 Å². The molecule has 0 amide bonds. The van der Waals surface area contributed by atoms with E-state index in [0.717, 1.165) is 37.1 Å². The Morgan fingerprint density at radius 3 is 2.61 bits per heavy atom. The van der Waals surface area contributed by atoms with Crippen LogP contribution in [0.4, 0.5) is 0 Å². The molecular formula is C19H27N3O. The third-order valence-electron chi connectivity index (χ3n) is 4.62. The van der Waals surface area contributed by atoms with Gasteiger partial charge in [-0.1, -0.05) is 30.3 Å². The summed E-state index contributed by atoms with van der Waals surface area (Å²) < 4.78 is 5.28. The minimum Gasteiger partial charge on any atom is -0.449 e. The highest BCUT2D eigenvalue weighted by Crippen LogP contribution is 2.20. The molecule has 1 aromatic heterocycles. The van der Waals surface area contributed by atoms with Gasteiger partial charge in [0.15, 0.2) is 5.89 Å². The van der Waals surface area contributed by atoms with E-state index in [1.54, 1.807) is 6.26 Å².